The van der Waals surface area contributed by atoms with Crippen LogP contribution in [-0.4, -0.2) is 71.7 Å². The summed E-state index contributed by atoms with van der Waals surface area (Å²) in [5, 5.41) is 14.0. The number of amides is 3. The van der Waals surface area contributed by atoms with Gasteiger partial charge in [-0.05, 0) is 59.4 Å². The van der Waals surface area contributed by atoms with Crippen molar-refractivity contribution in [3.8, 4) is 0 Å². The highest BCUT2D eigenvalue weighted by molar-refractivity contribution is 5.87. The molecule has 30 heavy (non-hydrogen) atoms. The van der Waals surface area contributed by atoms with E-state index in [9.17, 15) is 19.2 Å². The van der Waals surface area contributed by atoms with Crippen molar-refractivity contribution >= 4 is 23.9 Å². The summed E-state index contributed by atoms with van der Waals surface area (Å²) in [7, 11) is 0. The van der Waals surface area contributed by atoms with Crippen LogP contribution in [0, 0.1) is 5.92 Å². The van der Waals surface area contributed by atoms with Crippen molar-refractivity contribution in [2.45, 2.75) is 70.9 Å². The number of carboxylic acid groups (broad SMARTS) is 1. The minimum absolute atomic E-state index is 0.0561. The molecule has 172 valence electrons. The van der Waals surface area contributed by atoms with Crippen molar-refractivity contribution in [1.29, 1.82) is 0 Å². The third-order valence-corrected chi connectivity index (χ3v) is 4.68. The number of likely N-dealkylation sites (tertiary alicyclic amines) is 1. The van der Waals surface area contributed by atoms with Gasteiger partial charge < -0.3 is 31.1 Å². The predicted octanol–water partition coefficient (Wildman–Crippen LogP) is 0.838. The molecule has 0 spiro atoms. The van der Waals surface area contributed by atoms with Crippen LogP contribution in [0.15, 0.2) is 0 Å². The molecular weight excluding hydrogens is 392 g/mol. The Kier molecular flexibility index (Phi) is 10.6. The summed E-state index contributed by atoms with van der Waals surface area (Å²) in [6.45, 7) is 6.53. The van der Waals surface area contributed by atoms with Gasteiger partial charge in [-0.3, -0.25) is 14.4 Å². The van der Waals surface area contributed by atoms with E-state index in [1.807, 2.05) is 0 Å². The quantitative estimate of drug-likeness (QED) is 0.376. The SMILES string of the molecule is CC(C)(C)OC(=O)N[C@@H](CCCCN)C(=O)N1CCC[C@H](C(=O)NCCC(=O)O)C1. The maximum absolute atomic E-state index is 13.1. The summed E-state index contributed by atoms with van der Waals surface area (Å²) in [5.74, 6) is -1.89. The molecule has 0 bridgehead atoms. The van der Waals surface area contributed by atoms with Crippen molar-refractivity contribution < 1.29 is 29.0 Å². The van der Waals surface area contributed by atoms with E-state index in [0.29, 0.717) is 38.8 Å². The average Bonchev–Trinajstić information content (AvgIpc) is 2.65. The molecule has 10 heteroatoms. The molecule has 1 aliphatic rings. The topological polar surface area (TPSA) is 151 Å². The van der Waals surface area contributed by atoms with E-state index in [4.69, 9.17) is 15.6 Å². The largest absolute Gasteiger partial charge is 0.481 e. The third kappa shape index (κ3) is 9.91. The third-order valence-electron chi connectivity index (χ3n) is 4.68. The van der Waals surface area contributed by atoms with Gasteiger partial charge in [0.25, 0.3) is 0 Å². The maximum Gasteiger partial charge on any atom is 0.408 e. The van der Waals surface area contributed by atoms with Crippen molar-refractivity contribution in [1.82, 2.24) is 15.5 Å². The predicted molar refractivity (Wildman–Crippen MR) is 111 cm³/mol. The summed E-state index contributed by atoms with van der Waals surface area (Å²) in [5.41, 5.74) is 4.86. The number of nitrogens with zero attached hydrogens (tertiary/aromatic N) is 1. The number of aliphatic carboxylic acids is 1. The lowest BCUT2D eigenvalue weighted by Crippen LogP contribution is -2.53. The zero-order valence-electron chi connectivity index (χ0n) is 18.2. The molecular formula is C20H36N4O6. The fraction of sp³-hybridized carbons (Fsp3) is 0.800. The highest BCUT2D eigenvalue weighted by Gasteiger charge is 2.33. The van der Waals surface area contributed by atoms with Crippen LogP contribution in [-0.2, 0) is 19.1 Å². The number of unbranched alkanes of at least 4 members (excludes halogenated alkanes) is 1. The Morgan fingerprint density at radius 2 is 1.93 bits per heavy atom. The molecule has 0 saturated carbocycles. The number of rotatable bonds is 10. The maximum atomic E-state index is 13.1. The number of carbonyl (C=O) groups is 4. The van der Waals surface area contributed by atoms with Crippen LogP contribution in [0.4, 0.5) is 4.79 Å². The number of carbonyl (C=O) groups excluding carboxylic acids is 3. The Morgan fingerprint density at radius 3 is 2.53 bits per heavy atom. The first-order valence-electron chi connectivity index (χ1n) is 10.5. The van der Waals surface area contributed by atoms with E-state index in [-0.39, 0.29) is 31.3 Å². The number of ether oxygens (including phenoxy) is 1. The normalized spacial score (nSPS) is 17.7. The smallest absolute Gasteiger partial charge is 0.408 e. The molecule has 1 rings (SSSR count). The van der Waals surface area contributed by atoms with Crippen LogP contribution in [0.25, 0.3) is 0 Å². The van der Waals surface area contributed by atoms with Crippen LogP contribution >= 0.6 is 0 Å². The molecule has 5 N–H and O–H groups in total. The van der Waals surface area contributed by atoms with Gasteiger partial charge in [0.1, 0.15) is 11.6 Å². The van der Waals surface area contributed by atoms with Crippen LogP contribution in [0.1, 0.15) is 59.3 Å². The molecule has 1 fully saturated rings. The van der Waals surface area contributed by atoms with E-state index < -0.39 is 29.6 Å². The number of piperidine rings is 1. The first-order valence-corrected chi connectivity index (χ1v) is 10.5. The summed E-state index contributed by atoms with van der Waals surface area (Å²) < 4.78 is 5.28. The lowest BCUT2D eigenvalue weighted by atomic mass is 9.96. The molecule has 0 aromatic rings. The lowest BCUT2D eigenvalue weighted by molar-refractivity contribution is -0.137. The number of carboxylic acids is 1. The second-order valence-corrected chi connectivity index (χ2v) is 8.54. The van der Waals surface area contributed by atoms with E-state index in [1.165, 1.54) is 0 Å². The van der Waals surface area contributed by atoms with Gasteiger partial charge in [0.15, 0.2) is 0 Å². The van der Waals surface area contributed by atoms with Crippen molar-refractivity contribution in [3.63, 3.8) is 0 Å². The minimum atomic E-state index is -0.982. The zero-order valence-corrected chi connectivity index (χ0v) is 18.2. The standard InChI is InChI=1S/C20H36N4O6/c1-20(2,3)30-19(29)23-15(8-4-5-10-21)18(28)24-12-6-7-14(13-24)17(27)22-11-9-16(25)26/h14-15H,4-13,21H2,1-3H3,(H,22,27)(H,23,29)(H,25,26)/t14-,15-/m0/s1. The zero-order chi connectivity index (χ0) is 22.7. The van der Waals surface area contributed by atoms with Gasteiger partial charge in [-0.2, -0.15) is 0 Å². The second kappa shape index (κ2) is 12.4. The molecule has 0 aliphatic carbocycles. The fourth-order valence-electron chi connectivity index (χ4n) is 3.25. The van der Waals surface area contributed by atoms with Gasteiger partial charge in [-0.15, -0.1) is 0 Å². The van der Waals surface area contributed by atoms with Gasteiger partial charge >= 0.3 is 12.1 Å². The van der Waals surface area contributed by atoms with Gasteiger partial charge in [0, 0.05) is 19.6 Å². The molecule has 2 atom stereocenters. The fourth-order valence-corrected chi connectivity index (χ4v) is 3.25. The van der Waals surface area contributed by atoms with E-state index in [0.717, 1.165) is 6.42 Å². The van der Waals surface area contributed by atoms with Crippen LogP contribution in [0.5, 0.6) is 0 Å². The number of hydrogen-bond acceptors (Lipinski definition) is 6. The molecule has 3 amide bonds. The minimum Gasteiger partial charge on any atom is -0.481 e. The Balaban J connectivity index is 2.72. The Labute approximate surface area is 177 Å². The number of hydrogen-bond donors (Lipinski definition) is 4. The van der Waals surface area contributed by atoms with Crippen molar-refractivity contribution in [2.24, 2.45) is 11.7 Å². The molecule has 10 nitrogen and oxygen atoms in total. The molecule has 0 aromatic carbocycles. The van der Waals surface area contributed by atoms with Crippen LogP contribution in [0.2, 0.25) is 0 Å². The summed E-state index contributed by atoms with van der Waals surface area (Å²) >= 11 is 0. The first-order chi connectivity index (χ1) is 14.0. The Morgan fingerprint density at radius 1 is 1.23 bits per heavy atom. The molecule has 0 unspecified atom stereocenters. The molecule has 0 radical (unpaired) electrons. The van der Waals surface area contributed by atoms with Gasteiger partial charge in [0.05, 0.1) is 12.3 Å². The van der Waals surface area contributed by atoms with E-state index in [2.05, 4.69) is 10.6 Å². The van der Waals surface area contributed by atoms with E-state index in [1.54, 1.807) is 25.7 Å². The Hall–Kier alpha value is -2.36. The number of alkyl carbamates (subject to hydrolysis) is 1. The Bertz CT molecular complexity index is 605. The first kappa shape index (κ1) is 25.7. The van der Waals surface area contributed by atoms with Crippen molar-refractivity contribution in [2.75, 3.05) is 26.2 Å². The molecule has 1 saturated heterocycles. The van der Waals surface area contributed by atoms with Crippen LogP contribution < -0.4 is 16.4 Å². The lowest BCUT2D eigenvalue weighted by Gasteiger charge is -2.34. The molecule has 0 aromatic heterocycles. The summed E-state index contributed by atoms with van der Waals surface area (Å²) in [4.78, 5) is 49.8. The average molecular weight is 429 g/mol. The summed E-state index contributed by atoms with van der Waals surface area (Å²) in [6.07, 6.45) is 2.31. The number of nitrogens with one attached hydrogen (secondary N) is 2. The van der Waals surface area contributed by atoms with Crippen LogP contribution in [0.3, 0.4) is 0 Å². The van der Waals surface area contributed by atoms with E-state index >= 15 is 0 Å². The highest BCUT2D eigenvalue weighted by atomic mass is 16.6. The highest BCUT2D eigenvalue weighted by Crippen LogP contribution is 2.19. The molecule has 1 heterocycles. The van der Waals surface area contributed by atoms with Gasteiger partial charge in [0.2, 0.25) is 11.8 Å². The molecule has 1 aliphatic heterocycles. The van der Waals surface area contributed by atoms with Crippen molar-refractivity contribution in [3.05, 3.63) is 0 Å². The van der Waals surface area contributed by atoms with Gasteiger partial charge in [-0.25, -0.2) is 4.79 Å². The van der Waals surface area contributed by atoms with Gasteiger partial charge in [-0.1, -0.05) is 0 Å². The summed E-state index contributed by atoms with van der Waals surface area (Å²) in [6, 6.07) is -0.750. The number of nitrogens with two attached hydrogens (primary N) is 1. The second-order valence-electron chi connectivity index (χ2n) is 8.54. The monoisotopic (exact) mass is 428 g/mol.